The van der Waals surface area contributed by atoms with E-state index >= 15 is 0 Å². The molecule has 1 aliphatic rings. The number of nitrogens with zero attached hydrogens (tertiary/aromatic N) is 3. The Morgan fingerprint density at radius 2 is 1.95 bits per heavy atom. The highest BCUT2D eigenvalue weighted by atomic mass is 15.3. The first-order valence-corrected chi connectivity index (χ1v) is 7.08. The van der Waals surface area contributed by atoms with Crippen LogP contribution in [0.3, 0.4) is 0 Å². The Labute approximate surface area is 129 Å². The molecule has 2 aromatic rings. The van der Waals surface area contributed by atoms with Gasteiger partial charge in [-0.15, -0.1) is 0 Å². The molecule has 1 aromatic heterocycles. The molecule has 0 saturated heterocycles. The van der Waals surface area contributed by atoms with E-state index in [1.165, 1.54) is 5.56 Å². The molecule has 1 aliphatic heterocycles. The number of aliphatic imine (C=N–C) groups is 1. The number of nitrogen functional groups attached to an aromatic ring is 1. The lowest BCUT2D eigenvalue weighted by molar-refractivity contribution is 1.14. The highest BCUT2D eigenvalue weighted by molar-refractivity contribution is 6.33. The van der Waals surface area contributed by atoms with Crippen molar-refractivity contribution in [2.45, 2.75) is 13.3 Å². The summed E-state index contributed by atoms with van der Waals surface area (Å²) in [6, 6.07) is 11.7. The predicted molar refractivity (Wildman–Crippen MR) is 90.4 cm³/mol. The standard InChI is InChI=1S/C17H17N5/c1-3-12-6-8-13(9-7-12)22-16(19)11(2)21-17(22)14-5-4-10-20-15(14)18/h4-10,19H,2-3H2,1H3,(H2,18,20). The van der Waals surface area contributed by atoms with Gasteiger partial charge in [0.1, 0.15) is 11.5 Å². The summed E-state index contributed by atoms with van der Waals surface area (Å²) >= 11 is 0. The highest BCUT2D eigenvalue weighted by Crippen LogP contribution is 2.27. The van der Waals surface area contributed by atoms with E-state index in [0.717, 1.165) is 12.1 Å². The number of pyridine rings is 1. The summed E-state index contributed by atoms with van der Waals surface area (Å²) in [6.07, 6.45) is 2.61. The van der Waals surface area contributed by atoms with E-state index in [-0.39, 0.29) is 5.84 Å². The third-order valence-corrected chi connectivity index (χ3v) is 3.63. The molecule has 0 spiro atoms. The molecule has 0 bridgehead atoms. The summed E-state index contributed by atoms with van der Waals surface area (Å²) in [5.74, 6) is 1.23. The van der Waals surface area contributed by atoms with Crippen molar-refractivity contribution in [1.29, 1.82) is 5.41 Å². The van der Waals surface area contributed by atoms with Crippen molar-refractivity contribution in [1.82, 2.24) is 4.98 Å². The van der Waals surface area contributed by atoms with Gasteiger partial charge in [-0.3, -0.25) is 10.3 Å². The Kier molecular flexibility index (Phi) is 3.47. The smallest absolute Gasteiger partial charge is 0.156 e. The molecule has 22 heavy (non-hydrogen) atoms. The highest BCUT2D eigenvalue weighted by Gasteiger charge is 2.29. The van der Waals surface area contributed by atoms with Crippen LogP contribution in [0.25, 0.3) is 0 Å². The largest absolute Gasteiger partial charge is 0.383 e. The molecule has 0 unspecified atom stereocenters. The molecule has 5 heteroatoms. The van der Waals surface area contributed by atoms with Crippen molar-refractivity contribution < 1.29 is 0 Å². The molecule has 0 aliphatic carbocycles. The Morgan fingerprint density at radius 1 is 1.23 bits per heavy atom. The molecule has 3 N–H and O–H groups in total. The number of hydrogen-bond acceptors (Lipinski definition) is 4. The Hall–Kier alpha value is -2.95. The van der Waals surface area contributed by atoms with Crippen molar-refractivity contribution in [3.8, 4) is 0 Å². The van der Waals surface area contributed by atoms with Crippen LogP contribution >= 0.6 is 0 Å². The summed E-state index contributed by atoms with van der Waals surface area (Å²) < 4.78 is 0. The first kappa shape index (κ1) is 14.0. The molecule has 0 fully saturated rings. The number of rotatable bonds is 3. The van der Waals surface area contributed by atoms with Crippen LogP contribution in [0.2, 0.25) is 0 Å². The Bertz CT molecular complexity index is 774. The maximum atomic E-state index is 8.25. The van der Waals surface area contributed by atoms with Crippen LogP contribution in [0.15, 0.2) is 59.9 Å². The summed E-state index contributed by atoms with van der Waals surface area (Å²) in [4.78, 5) is 10.2. The number of hydrogen-bond donors (Lipinski definition) is 2. The molecule has 0 radical (unpaired) electrons. The zero-order valence-corrected chi connectivity index (χ0v) is 12.4. The lowest BCUT2D eigenvalue weighted by Gasteiger charge is -2.21. The lowest BCUT2D eigenvalue weighted by Crippen LogP contribution is -2.32. The normalized spacial score (nSPS) is 14.4. The molecule has 2 heterocycles. The average Bonchev–Trinajstić information content (AvgIpc) is 2.83. The fourth-order valence-electron chi connectivity index (χ4n) is 2.39. The van der Waals surface area contributed by atoms with Gasteiger partial charge >= 0.3 is 0 Å². The van der Waals surface area contributed by atoms with Gasteiger partial charge in [0.2, 0.25) is 0 Å². The molecular formula is C17H17N5. The molecule has 0 saturated carbocycles. The number of benzene rings is 1. The topological polar surface area (TPSA) is 78.4 Å². The number of nitrogens with one attached hydrogen (secondary N) is 1. The minimum Gasteiger partial charge on any atom is -0.383 e. The summed E-state index contributed by atoms with van der Waals surface area (Å²) in [5, 5.41) is 8.25. The van der Waals surface area contributed by atoms with Crippen molar-refractivity contribution in [3.05, 3.63) is 66.0 Å². The summed E-state index contributed by atoms with van der Waals surface area (Å²) in [5.41, 5.74) is 9.18. The van der Waals surface area contributed by atoms with E-state index in [1.54, 1.807) is 17.2 Å². The predicted octanol–water partition coefficient (Wildman–Crippen LogP) is 2.98. The second kappa shape index (κ2) is 5.44. The van der Waals surface area contributed by atoms with Gasteiger partial charge in [0, 0.05) is 11.9 Å². The first-order valence-electron chi connectivity index (χ1n) is 7.08. The Balaban J connectivity index is 2.08. The van der Waals surface area contributed by atoms with E-state index in [1.807, 2.05) is 30.3 Å². The maximum absolute atomic E-state index is 8.25. The molecule has 0 amide bonds. The molecule has 3 rings (SSSR count). The number of amidine groups is 2. The minimum atomic E-state index is 0.252. The van der Waals surface area contributed by atoms with Crippen LogP contribution in [-0.4, -0.2) is 16.7 Å². The molecule has 1 aromatic carbocycles. The second-order valence-electron chi connectivity index (χ2n) is 5.02. The van der Waals surface area contributed by atoms with Crippen molar-refractivity contribution in [3.63, 3.8) is 0 Å². The van der Waals surface area contributed by atoms with E-state index in [2.05, 4.69) is 23.5 Å². The number of nitrogens with two attached hydrogens (primary N) is 1. The molecule has 0 atom stereocenters. The minimum absolute atomic E-state index is 0.252. The zero-order chi connectivity index (χ0) is 15.7. The van der Waals surface area contributed by atoms with E-state index in [9.17, 15) is 0 Å². The van der Waals surface area contributed by atoms with Gasteiger partial charge in [0.15, 0.2) is 11.7 Å². The third-order valence-electron chi connectivity index (χ3n) is 3.63. The van der Waals surface area contributed by atoms with Crippen LogP contribution < -0.4 is 10.6 Å². The van der Waals surface area contributed by atoms with Gasteiger partial charge in [0.05, 0.1) is 5.56 Å². The van der Waals surface area contributed by atoms with Gasteiger partial charge in [-0.2, -0.15) is 0 Å². The van der Waals surface area contributed by atoms with Crippen LogP contribution in [0, 0.1) is 5.41 Å². The second-order valence-corrected chi connectivity index (χ2v) is 5.02. The van der Waals surface area contributed by atoms with Gasteiger partial charge in [-0.05, 0) is 36.2 Å². The molecular weight excluding hydrogens is 274 g/mol. The van der Waals surface area contributed by atoms with Crippen LogP contribution in [0.4, 0.5) is 11.5 Å². The van der Waals surface area contributed by atoms with Gasteiger partial charge in [-0.25, -0.2) is 9.98 Å². The number of aromatic nitrogens is 1. The molecule has 5 nitrogen and oxygen atoms in total. The third kappa shape index (κ3) is 2.26. The molecule has 110 valence electrons. The first-order chi connectivity index (χ1) is 10.6. The summed E-state index contributed by atoms with van der Waals surface area (Å²) in [6.45, 7) is 5.94. The van der Waals surface area contributed by atoms with Crippen molar-refractivity contribution in [2.24, 2.45) is 4.99 Å². The van der Waals surface area contributed by atoms with Gasteiger partial charge < -0.3 is 5.73 Å². The van der Waals surface area contributed by atoms with Crippen molar-refractivity contribution in [2.75, 3.05) is 10.6 Å². The van der Waals surface area contributed by atoms with Crippen LogP contribution in [-0.2, 0) is 6.42 Å². The summed E-state index contributed by atoms with van der Waals surface area (Å²) in [7, 11) is 0. The number of aryl methyl sites for hydroxylation is 1. The van der Waals surface area contributed by atoms with Gasteiger partial charge in [-0.1, -0.05) is 25.6 Å². The van der Waals surface area contributed by atoms with E-state index in [4.69, 9.17) is 11.1 Å². The zero-order valence-electron chi connectivity index (χ0n) is 12.4. The Morgan fingerprint density at radius 3 is 2.59 bits per heavy atom. The average molecular weight is 291 g/mol. The van der Waals surface area contributed by atoms with Crippen molar-refractivity contribution >= 4 is 23.2 Å². The van der Waals surface area contributed by atoms with Crippen LogP contribution in [0.1, 0.15) is 18.1 Å². The lowest BCUT2D eigenvalue weighted by atomic mass is 10.1. The SMILES string of the molecule is C=C1N=C(c2cccnc2N)N(c2ccc(CC)cc2)C1=N. The fraction of sp³-hybridized carbons (Fsp3) is 0.118. The quantitative estimate of drug-likeness (QED) is 0.912. The number of anilines is 2. The maximum Gasteiger partial charge on any atom is 0.156 e. The van der Waals surface area contributed by atoms with E-state index < -0.39 is 0 Å². The van der Waals surface area contributed by atoms with Gasteiger partial charge in [0.25, 0.3) is 0 Å². The fourth-order valence-corrected chi connectivity index (χ4v) is 2.39. The van der Waals surface area contributed by atoms with Crippen LogP contribution in [0.5, 0.6) is 0 Å². The monoisotopic (exact) mass is 291 g/mol. The van der Waals surface area contributed by atoms with E-state index in [0.29, 0.717) is 22.9 Å².